The van der Waals surface area contributed by atoms with Gasteiger partial charge in [0.15, 0.2) is 0 Å². The van der Waals surface area contributed by atoms with E-state index in [0.717, 1.165) is 10.5 Å². The summed E-state index contributed by atoms with van der Waals surface area (Å²) < 4.78 is 0. The molecule has 0 aliphatic rings. The Morgan fingerprint density at radius 1 is 1.86 bits per heavy atom. The Morgan fingerprint density at radius 2 is 2.29 bits per heavy atom. The normalized spacial score (nSPS) is 11.4. The van der Waals surface area contributed by atoms with E-state index < -0.39 is 0 Å². The van der Waals surface area contributed by atoms with Gasteiger partial charge in [-0.15, -0.1) is 12.6 Å². The van der Waals surface area contributed by atoms with Crippen LogP contribution in [0.5, 0.6) is 0 Å². The molecule has 0 saturated carbocycles. The quantitative estimate of drug-likeness (QED) is 0.391. The number of allylic oxidation sites excluding steroid dienone is 1. The fourth-order valence-corrected chi connectivity index (χ4v) is 0.142. The van der Waals surface area contributed by atoms with Gasteiger partial charge in [-0.05, 0) is 12.5 Å². The molecule has 0 heterocycles. The van der Waals surface area contributed by atoms with E-state index in [2.05, 4.69) is 19.2 Å². The zero-order valence-corrected chi connectivity index (χ0v) is 5.20. The number of hydrogen-bond donors (Lipinski definition) is 2. The minimum absolute atomic E-state index is 0.750. The smallest absolute Gasteiger partial charge is 0.0219 e. The van der Waals surface area contributed by atoms with Gasteiger partial charge >= 0.3 is 0 Å². The van der Waals surface area contributed by atoms with Gasteiger partial charge in [0.25, 0.3) is 0 Å². The Labute approximate surface area is 49.3 Å². The molecule has 7 heavy (non-hydrogen) atoms. The second kappa shape index (κ2) is 2.75. The van der Waals surface area contributed by atoms with Crippen molar-refractivity contribution in [1.82, 2.24) is 0 Å². The Balaban J connectivity index is 3.82. The second-order valence-electron chi connectivity index (χ2n) is 1.33. The Morgan fingerprint density at radius 3 is 2.29 bits per heavy atom. The summed E-state index contributed by atoms with van der Waals surface area (Å²) in [5.41, 5.74) is 5.97. The van der Waals surface area contributed by atoms with Gasteiger partial charge in [-0.2, -0.15) is 0 Å². The van der Waals surface area contributed by atoms with Crippen LogP contribution >= 0.6 is 12.6 Å². The first-order valence-electron chi connectivity index (χ1n) is 1.95. The molecule has 40 valence electrons. The highest BCUT2D eigenvalue weighted by molar-refractivity contribution is 7.84. The third kappa shape index (κ3) is 2.34. The molecule has 0 fully saturated rings. The third-order valence-electron chi connectivity index (χ3n) is 0.595. The summed E-state index contributed by atoms with van der Waals surface area (Å²) >= 11 is 3.96. The number of thiol groups is 1. The van der Waals surface area contributed by atoms with Gasteiger partial charge in [0.05, 0.1) is 0 Å². The molecule has 0 aliphatic heterocycles. The van der Waals surface area contributed by atoms with Gasteiger partial charge in [-0.1, -0.05) is 6.58 Å². The van der Waals surface area contributed by atoms with Gasteiger partial charge in [-0.3, -0.25) is 0 Å². The largest absolute Gasteiger partial charge is 0.404 e. The Hall–Kier alpha value is -0.370. The summed E-state index contributed by atoms with van der Waals surface area (Å²) in [6, 6.07) is 0. The molecule has 2 heteroatoms. The molecule has 0 aromatic heterocycles. The molecule has 0 aromatic carbocycles. The zero-order valence-electron chi connectivity index (χ0n) is 4.31. The van der Waals surface area contributed by atoms with Gasteiger partial charge in [0.2, 0.25) is 0 Å². The van der Waals surface area contributed by atoms with Crippen molar-refractivity contribution in [3.05, 3.63) is 23.3 Å². The first-order chi connectivity index (χ1) is 3.18. The lowest BCUT2D eigenvalue weighted by Gasteiger charge is -1.90. The van der Waals surface area contributed by atoms with E-state index in [-0.39, 0.29) is 0 Å². The van der Waals surface area contributed by atoms with Crippen molar-refractivity contribution in [2.24, 2.45) is 5.73 Å². The molecule has 0 unspecified atom stereocenters. The second-order valence-corrected chi connectivity index (χ2v) is 1.81. The van der Waals surface area contributed by atoms with Crippen LogP contribution in [0.1, 0.15) is 6.92 Å². The van der Waals surface area contributed by atoms with Crippen LogP contribution in [0.3, 0.4) is 0 Å². The molecule has 0 atom stereocenters. The summed E-state index contributed by atoms with van der Waals surface area (Å²) in [4.78, 5) is 0.750. The van der Waals surface area contributed by atoms with Crippen LogP contribution < -0.4 is 5.73 Å². The van der Waals surface area contributed by atoms with E-state index in [9.17, 15) is 0 Å². The van der Waals surface area contributed by atoms with E-state index >= 15 is 0 Å². The molecule has 2 N–H and O–H groups in total. The summed E-state index contributed by atoms with van der Waals surface area (Å²) in [5.74, 6) is 0. The maximum Gasteiger partial charge on any atom is 0.0219 e. The molecule has 0 radical (unpaired) electrons. The van der Waals surface area contributed by atoms with Crippen LogP contribution in [0.15, 0.2) is 23.3 Å². The molecule has 0 bridgehead atoms. The fourth-order valence-electron chi connectivity index (χ4n) is 0.142. The molecular formula is C5H9NS. The van der Waals surface area contributed by atoms with E-state index in [1.54, 1.807) is 0 Å². The highest BCUT2D eigenvalue weighted by Gasteiger charge is 1.83. The maximum atomic E-state index is 5.07. The van der Waals surface area contributed by atoms with Crippen LogP contribution in [0.2, 0.25) is 0 Å². The van der Waals surface area contributed by atoms with Crippen LogP contribution in [0, 0.1) is 0 Å². The predicted molar refractivity (Wildman–Crippen MR) is 36.1 cm³/mol. The van der Waals surface area contributed by atoms with Crippen LogP contribution in [-0.4, -0.2) is 0 Å². The predicted octanol–water partition coefficient (Wildman–Crippen LogP) is 1.29. The third-order valence-corrected chi connectivity index (χ3v) is 1.13. The number of nitrogens with two attached hydrogens (primary N) is 1. The summed E-state index contributed by atoms with van der Waals surface area (Å²) in [5, 5.41) is 0. The monoisotopic (exact) mass is 115 g/mol. The molecule has 0 rings (SSSR count). The Bertz CT molecular complexity index is 105. The lowest BCUT2D eigenvalue weighted by Crippen LogP contribution is -1.81. The first kappa shape index (κ1) is 6.63. The van der Waals surface area contributed by atoms with E-state index in [1.165, 1.54) is 6.20 Å². The average Bonchev–Trinajstić information content (AvgIpc) is 1.65. The lowest BCUT2D eigenvalue weighted by atomic mass is 10.3. The van der Waals surface area contributed by atoms with E-state index in [0.29, 0.717) is 0 Å². The van der Waals surface area contributed by atoms with Crippen LogP contribution in [0.4, 0.5) is 0 Å². The van der Waals surface area contributed by atoms with E-state index in [1.807, 2.05) is 6.92 Å². The van der Waals surface area contributed by atoms with E-state index in [4.69, 9.17) is 5.73 Å². The zero-order chi connectivity index (χ0) is 5.86. The van der Waals surface area contributed by atoms with Crippen molar-refractivity contribution in [2.45, 2.75) is 6.92 Å². The van der Waals surface area contributed by atoms with Crippen molar-refractivity contribution in [2.75, 3.05) is 0 Å². The molecule has 1 nitrogen and oxygen atoms in total. The highest BCUT2D eigenvalue weighted by atomic mass is 32.1. The van der Waals surface area contributed by atoms with Crippen molar-refractivity contribution in [1.29, 1.82) is 0 Å². The van der Waals surface area contributed by atoms with Crippen LogP contribution in [-0.2, 0) is 0 Å². The summed E-state index contributed by atoms with van der Waals surface area (Å²) in [6.07, 6.45) is 1.42. The highest BCUT2D eigenvalue weighted by Crippen LogP contribution is 2.07. The van der Waals surface area contributed by atoms with Crippen molar-refractivity contribution < 1.29 is 0 Å². The van der Waals surface area contributed by atoms with Gasteiger partial charge in [-0.25, -0.2) is 0 Å². The average molecular weight is 115 g/mol. The molecular weight excluding hydrogens is 106 g/mol. The summed E-state index contributed by atoms with van der Waals surface area (Å²) in [7, 11) is 0. The van der Waals surface area contributed by atoms with Crippen molar-refractivity contribution in [3.63, 3.8) is 0 Å². The molecule has 0 amide bonds. The molecule has 0 aromatic rings. The lowest BCUT2D eigenvalue weighted by molar-refractivity contribution is 1.48. The standard InChI is InChI=1S/C5H9NS/c1-4(2)5(7)3-6/h3,7H,1,6H2,2H3/b5-3-. The summed E-state index contributed by atoms with van der Waals surface area (Å²) in [6.45, 7) is 5.45. The number of rotatable bonds is 1. The first-order valence-corrected chi connectivity index (χ1v) is 2.40. The molecule has 0 spiro atoms. The topological polar surface area (TPSA) is 26.0 Å². The Kier molecular flexibility index (Phi) is 2.60. The SMILES string of the molecule is C=C(C)/C(S)=C/N. The minimum atomic E-state index is 0.750. The van der Waals surface area contributed by atoms with Gasteiger partial charge in [0, 0.05) is 11.1 Å². The van der Waals surface area contributed by atoms with Gasteiger partial charge < -0.3 is 5.73 Å². The molecule has 0 aliphatic carbocycles. The maximum absolute atomic E-state index is 5.07. The number of hydrogen-bond acceptors (Lipinski definition) is 2. The van der Waals surface area contributed by atoms with Crippen LogP contribution in [0.25, 0.3) is 0 Å². The van der Waals surface area contributed by atoms with Gasteiger partial charge in [0.1, 0.15) is 0 Å². The van der Waals surface area contributed by atoms with Crippen molar-refractivity contribution in [3.8, 4) is 0 Å². The fraction of sp³-hybridized carbons (Fsp3) is 0.200. The van der Waals surface area contributed by atoms with Crippen molar-refractivity contribution >= 4 is 12.6 Å². The molecule has 0 saturated heterocycles. The minimum Gasteiger partial charge on any atom is -0.404 e.